The van der Waals surface area contributed by atoms with Gasteiger partial charge in [0.05, 0.1) is 0 Å². The molecule has 118 valence electrons. The molecule has 0 radical (unpaired) electrons. The Kier molecular flexibility index (Phi) is 6.81. The Hall–Kier alpha value is -1.43. The summed E-state index contributed by atoms with van der Waals surface area (Å²) in [6.45, 7) is 5.98. The zero-order valence-electron chi connectivity index (χ0n) is 13.9. The number of nitrogens with zero attached hydrogens (tertiary/aromatic N) is 3. The number of anilines is 1. The van der Waals surface area contributed by atoms with Crippen molar-refractivity contribution in [3.05, 3.63) is 23.9 Å². The summed E-state index contributed by atoms with van der Waals surface area (Å²) in [7, 11) is 5.79. The van der Waals surface area contributed by atoms with Crippen LogP contribution in [0.4, 0.5) is 5.82 Å². The topological polar surface area (TPSA) is 52.6 Å². The molecule has 0 saturated heterocycles. The Labute approximate surface area is 132 Å². The number of hydrogen-bond donors (Lipinski definition) is 2. The molecule has 0 saturated carbocycles. The minimum absolute atomic E-state index is 0.181. The molecule has 0 aliphatic rings. The van der Waals surface area contributed by atoms with Crippen LogP contribution in [-0.2, 0) is 6.54 Å². The van der Waals surface area contributed by atoms with Gasteiger partial charge in [0.1, 0.15) is 5.82 Å². The summed E-state index contributed by atoms with van der Waals surface area (Å²) >= 11 is 1.84. The lowest BCUT2D eigenvalue weighted by atomic mass is 10.2. The number of guanidine groups is 1. The summed E-state index contributed by atoms with van der Waals surface area (Å²) in [6.07, 6.45) is 3.93. The third-order valence-corrected chi connectivity index (χ3v) is 4.44. The molecule has 2 N–H and O–H groups in total. The Morgan fingerprint density at radius 2 is 2.10 bits per heavy atom. The van der Waals surface area contributed by atoms with Crippen LogP contribution >= 0.6 is 11.8 Å². The average molecular weight is 309 g/mol. The summed E-state index contributed by atoms with van der Waals surface area (Å²) < 4.78 is 0.181. The summed E-state index contributed by atoms with van der Waals surface area (Å²) in [5, 5.41) is 6.70. The molecule has 0 spiro atoms. The van der Waals surface area contributed by atoms with Crippen molar-refractivity contribution in [1.82, 2.24) is 15.6 Å². The first-order valence-corrected chi connectivity index (χ1v) is 8.23. The molecule has 0 aliphatic carbocycles. The number of aromatic nitrogens is 1. The van der Waals surface area contributed by atoms with Gasteiger partial charge in [-0.2, -0.15) is 11.8 Å². The van der Waals surface area contributed by atoms with Crippen LogP contribution in [0, 0.1) is 0 Å². The maximum absolute atomic E-state index is 4.40. The van der Waals surface area contributed by atoms with Crippen LogP contribution < -0.4 is 15.5 Å². The minimum atomic E-state index is 0.181. The van der Waals surface area contributed by atoms with E-state index >= 15 is 0 Å². The highest BCUT2D eigenvalue weighted by Crippen LogP contribution is 2.19. The second-order valence-electron chi connectivity index (χ2n) is 5.62. The number of rotatable bonds is 6. The van der Waals surface area contributed by atoms with Crippen molar-refractivity contribution in [2.24, 2.45) is 4.99 Å². The summed E-state index contributed by atoms with van der Waals surface area (Å²) in [4.78, 5) is 10.7. The first kappa shape index (κ1) is 17.6. The second kappa shape index (κ2) is 8.12. The Morgan fingerprint density at radius 3 is 2.67 bits per heavy atom. The van der Waals surface area contributed by atoms with Crippen molar-refractivity contribution in [2.45, 2.75) is 25.1 Å². The molecular weight excluding hydrogens is 282 g/mol. The van der Waals surface area contributed by atoms with Gasteiger partial charge in [0.15, 0.2) is 5.96 Å². The van der Waals surface area contributed by atoms with E-state index in [9.17, 15) is 0 Å². The highest BCUT2D eigenvalue weighted by molar-refractivity contribution is 7.99. The molecule has 0 unspecified atom stereocenters. The van der Waals surface area contributed by atoms with Crippen LogP contribution in [0.3, 0.4) is 0 Å². The van der Waals surface area contributed by atoms with E-state index in [1.54, 1.807) is 7.05 Å². The number of pyridine rings is 1. The van der Waals surface area contributed by atoms with Crippen molar-refractivity contribution >= 4 is 23.5 Å². The molecule has 0 bridgehead atoms. The van der Waals surface area contributed by atoms with E-state index in [0.29, 0.717) is 6.54 Å². The van der Waals surface area contributed by atoms with Crippen molar-refractivity contribution in [3.8, 4) is 0 Å². The molecule has 1 rings (SSSR count). The molecule has 1 heterocycles. The normalized spacial score (nSPS) is 12.2. The predicted octanol–water partition coefficient (Wildman–Crippen LogP) is 1.95. The summed E-state index contributed by atoms with van der Waals surface area (Å²) in [6, 6.07) is 4.03. The molecule has 0 aromatic carbocycles. The Morgan fingerprint density at radius 1 is 1.38 bits per heavy atom. The highest BCUT2D eigenvalue weighted by atomic mass is 32.2. The van der Waals surface area contributed by atoms with Crippen LogP contribution in [0.25, 0.3) is 0 Å². The molecule has 0 atom stereocenters. The van der Waals surface area contributed by atoms with Gasteiger partial charge in [-0.1, -0.05) is 6.07 Å². The third-order valence-electron chi connectivity index (χ3n) is 3.20. The first-order chi connectivity index (χ1) is 9.89. The number of thioether (sulfide) groups is 1. The Balaban J connectivity index is 2.61. The van der Waals surface area contributed by atoms with Gasteiger partial charge in [0, 0.05) is 50.7 Å². The molecule has 6 heteroatoms. The van der Waals surface area contributed by atoms with Crippen molar-refractivity contribution in [1.29, 1.82) is 0 Å². The quantitative estimate of drug-likeness (QED) is 0.621. The maximum Gasteiger partial charge on any atom is 0.191 e. The van der Waals surface area contributed by atoms with Crippen LogP contribution in [0.15, 0.2) is 23.3 Å². The monoisotopic (exact) mass is 309 g/mol. The highest BCUT2D eigenvalue weighted by Gasteiger charge is 2.16. The molecule has 5 nitrogen and oxygen atoms in total. The van der Waals surface area contributed by atoms with E-state index in [-0.39, 0.29) is 4.75 Å². The molecular formula is C15H27N5S. The van der Waals surface area contributed by atoms with E-state index in [4.69, 9.17) is 0 Å². The molecule has 1 aromatic heterocycles. The van der Waals surface area contributed by atoms with E-state index in [1.165, 1.54) is 0 Å². The average Bonchev–Trinajstić information content (AvgIpc) is 2.47. The fourth-order valence-electron chi connectivity index (χ4n) is 1.74. The maximum atomic E-state index is 4.40. The summed E-state index contributed by atoms with van der Waals surface area (Å²) in [5.41, 5.74) is 1.15. The van der Waals surface area contributed by atoms with Gasteiger partial charge >= 0.3 is 0 Å². The van der Waals surface area contributed by atoms with Crippen LogP contribution in [0.5, 0.6) is 0 Å². The number of hydrogen-bond acceptors (Lipinski definition) is 4. The smallest absolute Gasteiger partial charge is 0.191 e. The lowest BCUT2D eigenvalue weighted by Crippen LogP contribution is -2.43. The number of nitrogens with one attached hydrogen (secondary N) is 2. The fraction of sp³-hybridized carbons (Fsp3) is 0.600. The lowest BCUT2D eigenvalue weighted by Gasteiger charge is -2.24. The van der Waals surface area contributed by atoms with Gasteiger partial charge in [-0.25, -0.2) is 4.98 Å². The van der Waals surface area contributed by atoms with Gasteiger partial charge in [-0.3, -0.25) is 4.99 Å². The Bertz CT molecular complexity index is 471. The SMILES string of the molecule is CN=C(NCc1cccnc1N(C)C)NCC(C)(C)SC. The van der Waals surface area contributed by atoms with E-state index in [0.717, 1.165) is 23.9 Å². The van der Waals surface area contributed by atoms with Crippen LogP contribution in [0.2, 0.25) is 0 Å². The van der Waals surface area contributed by atoms with E-state index in [1.807, 2.05) is 43.0 Å². The minimum Gasteiger partial charge on any atom is -0.362 e. The van der Waals surface area contributed by atoms with E-state index in [2.05, 4.69) is 46.8 Å². The van der Waals surface area contributed by atoms with Gasteiger partial charge < -0.3 is 15.5 Å². The fourth-order valence-corrected chi connectivity index (χ4v) is 1.96. The van der Waals surface area contributed by atoms with Crippen molar-refractivity contribution in [3.63, 3.8) is 0 Å². The van der Waals surface area contributed by atoms with Crippen LogP contribution in [0.1, 0.15) is 19.4 Å². The first-order valence-electron chi connectivity index (χ1n) is 7.00. The summed E-state index contributed by atoms with van der Waals surface area (Å²) in [5.74, 6) is 1.79. The standard InChI is InChI=1S/C15H27N5S/c1-15(2,21-6)11-19-14(16-3)18-10-12-8-7-9-17-13(12)20(4)5/h7-9H,10-11H2,1-6H3,(H2,16,18,19). The lowest BCUT2D eigenvalue weighted by molar-refractivity contribution is 0.664. The zero-order valence-corrected chi connectivity index (χ0v) is 14.7. The van der Waals surface area contributed by atoms with Gasteiger partial charge in [0.2, 0.25) is 0 Å². The van der Waals surface area contributed by atoms with Gasteiger partial charge in [-0.05, 0) is 26.2 Å². The molecule has 0 amide bonds. The molecule has 0 aliphatic heterocycles. The zero-order chi connectivity index (χ0) is 15.9. The molecule has 1 aromatic rings. The second-order valence-corrected chi connectivity index (χ2v) is 7.14. The van der Waals surface area contributed by atoms with E-state index < -0.39 is 0 Å². The predicted molar refractivity (Wildman–Crippen MR) is 94.4 cm³/mol. The largest absolute Gasteiger partial charge is 0.362 e. The van der Waals surface area contributed by atoms with Gasteiger partial charge in [0.25, 0.3) is 0 Å². The van der Waals surface area contributed by atoms with Crippen molar-refractivity contribution < 1.29 is 0 Å². The third kappa shape index (κ3) is 5.83. The molecule has 0 fully saturated rings. The van der Waals surface area contributed by atoms with Gasteiger partial charge in [-0.15, -0.1) is 0 Å². The van der Waals surface area contributed by atoms with Crippen LogP contribution in [-0.4, -0.2) is 49.6 Å². The number of aliphatic imine (C=N–C) groups is 1. The molecule has 21 heavy (non-hydrogen) atoms. The van der Waals surface area contributed by atoms with Crippen molar-refractivity contribution in [2.75, 3.05) is 38.8 Å².